The van der Waals surface area contributed by atoms with E-state index < -0.39 is 17.7 Å². The maximum atomic E-state index is 12.4. The molecule has 2 aromatic carbocycles. The number of hydrazine groups is 1. The normalized spacial score (nSPS) is 12.9. The highest BCUT2D eigenvalue weighted by molar-refractivity contribution is 6.35. The number of aromatic nitrogens is 2. The first-order valence-corrected chi connectivity index (χ1v) is 9.62. The molecule has 1 aliphatic carbocycles. The molecule has 0 radical (unpaired) electrons. The van der Waals surface area contributed by atoms with Crippen LogP contribution in [-0.4, -0.2) is 33.3 Å². The van der Waals surface area contributed by atoms with Gasteiger partial charge in [0.2, 0.25) is 0 Å². The van der Waals surface area contributed by atoms with Crippen LogP contribution in [0, 0.1) is 0 Å². The number of hydrogen-bond donors (Lipinski definition) is 3. The van der Waals surface area contributed by atoms with Crippen molar-refractivity contribution < 1.29 is 19.1 Å². The van der Waals surface area contributed by atoms with E-state index in [1.54, 1.807) is 4.57 Å². The number of amides is 3. The van der Waals surface area contributed by atoms with Crippen LogP contribution in [0.4, 0.5) is 0 Å². The number of rotatable bonds is 6. The maximum Gasteiger partial charge on any atom is 0.327 e. The van der Waals surface area contributed by atoms with Gasteiger partial charge in [0.05, 0.1) is 11.0 Å². The second-order valence-electron chi connectivity index (χ2n) is 6.95. The summed E-state index contributed by atoms with van der Waals surface area (Å²) in [6.45, 7) is 0.0701. The van der Waals surface area contributed by atoms with E-state index in [-0.39, 0.29) is 19.2 Å². The Bertz CT molecular complexity index is 1080. The van der Waals surface area contributed by atoms with E-state index in [4.69, 9.17) is 4.74 Å². The largest absolute Gasteiger partial charge is 0.486 e. The summed E-state index contributed by atoms with van der Waals surface area (Å²) in [5.74, 6) is -0.907. The molecule has 30 heavy (non-hydrogen) atoms. The van der Waals surface area contributed by atoms with Crippen molar-refractivity contribution in [2.24, 2.45) is 0 Å². The fraction of sp³-hybridized carbons (Fsp3) is 0.238. The molecule has 0 unspecified atom stereocenters. The summed E-state index contributed by atoms with van der Waals surface area (Å²) in [6.07, 6.45) is 1.74. The van der Waals surface area contributed by atoms with Crippen LogP contribution in [0.3, 0.4) is 0 Å². The third kappa shape index (κ3) is 4.75. The Morgan fingerprint density at radius 2 is 1.70 bits per heavy atom. The minimum Gasteiger partial charge on any atom is -0.486 e. The van der Waals surface area contributed by atoms with Gasteiger partial charge in [-0.2, -0.15) is 0 Å². The van der Waals surface area contributed by atoms with Crippen LogP contribution < -0.4 is 20.9 Å². The van der Waals surface area contributed by atoms with Crippen molar-refractivity contribution >= 4 is 28.8 Å². The Morgan fingerprint density at radius 1 is 0.967 bits per heavy atom. The molecule has 0 bridgehead atoms. The van der Waals surface area contributed by atoms with Crippen molar-refractivity contribution in [3.63, 3.8) is 0 Å². The topological polar surface area (TPSA) is 114 Å². The summed E-state index contributed by atoms with van der Waals surface area (Å²) >= 11 is 0. The number of nitrogens with zero attached hydrogens (tertiary/aromatic N) is 2. The SMILES string of the molecule is O=C(Cn1c(COc2ccccc2)nc2ccccc21)NNC(=O)C(=O)NC1CC1. The number of nitrogens with one attached hydrogen (secondary N) is 3. The number of para-hydroxylation sites is 3. The van der Waals surface area contributed by atoms with Gasteiger partial charge in [-0.1, -0.05) is 30.3 Å². The van der Waals surface area contributed by atoms with Crippen LogP contribution in [-0.2, 0) is 27.5 Å². The molecule has 1 aliphatic rings. The summed E-state index contributed by atoms with van der Waals surface area (Å²) in [7, 11) is 0. The van der Waals surface area contributed by atoms with Gasteiger partial charge in [0.15, 0.2) is 0 Å². The van der Waals surface area contributed by atoms with Crippen LogP contribution in [0.2, 0.25) is 0 Å². The van der Waals surface area contributed by atoms with Crippen molar-refractivity contribution in [2.75, 3.05) is 0 Å². The smallest absolute Gasteiger partial charge is 0.327 e. The molecular formula is C21H21N5O4. The Balaban J connectivity index is 1.42. The first-order valence-electron chi connectivity index (χ1n) is 9.62. The van der Waals surface area contributed by atoms with E-state index in [0.29, 0.717) is 11.6 Å². The van der Waals surface area contributed by atoms with E-state index in [9.17, 15) is 14.4 Å². The molecule has 9 nitrogen and oxygen atoms in total. The van der Waals surface area contributed by atoms with Gasteiger partial charge in [-0.3, -0.25) is 25.2 Å². The van der Waals surface area contributed by atoms with Crippen LogP contribution in [0.5, 0.6) is 5.75 Å². The van der Waals surface area contributed by atoms with Crippen molar-refractivity contribution in [3.8, 4) is 5.75 Å². The third-order valence-corrected chi connectivity index (χ3v) is 4.58. The van der Waals surface area contributed by atoms with Crippen molar-refractivity contribution in [3.05, 3.63) is 60.4 Å². The second kappa shape index (κ2) is 8.64. The first kappa shape index (κ1) is 19.4. The molecule has 0 aliphatic heterocycles. The lowest BCUT2D eigenvalue weighted by molar-refractivity contribution is -0.141. The van der Waals surface area contributed by atoms with Gasteiger partial charge in [-0.05, 0) is 37.1 Å². The number of carbonyl (C=O) groups excluding carboxylic acids is 3. The lowest BCUT2D eigenvalue weighted by Gasteiger charge is -2.11. The van der Waals surface area contributed by atoms with Gasteiger partial charge < -0.3 is 14.6 Å². The lowest BCUT2D eigenvalue weighted by atomic mass is 10.3. The molecule has 9 heteroatoms. The summed E-state index contributed by atoms with van der Waals surface area (Å²) in [4.78, 5) is 40.4. The number of fused-ring (bicyclic) bond motifs is 1. The van der Waals surface area contributed by atoms with Crippen molar-refractivity contribution in [1.82, 2.24) is 25.7 Å². The lowest BCUT2D eigenvalue weighted by Crippen LogP contribution is -2.49. The average Bonchev–Trinajstić information content (AvgIpc) is 3.52. The zero-order valence-corrected chi connectivity index (χ0v) is 16.1. The maximum absolute atomic E-state index is 12.4. The number of imidazole rings is 1. The monoisotopic (exact) mass is 407 g/mol. The summed E-state index contributed by atoms with van der Waals surface area (Å²) in [5, 5.41) is 2.55. The standard InChI is InChI=1S/C21H21N5O4/c27-19(24-25-21(29)20(28)22-14-10-11-14)12-26-17-9-5-4-8-16(17)23-18(26)13-30-15-6-2-1-3-7-15/h1-9,14H,10-13H2,(H,22,28)(H,24,27)(H,25,29). The van der Waals surface area contributed by atoms with Crippen molar-refractivity contribution in [1.29, 1.82) is 0 Å². The Kier molecular flexibility index (Phi) is 5.60. The Hall–Kier alpha value is -3.88. The van der Waals surface area contributed by atoms with E-state index in [1.165, 1.54) is 0 Å². The molecule has 3 amide bonds. The van der Waals surface area contributed by atoms with Gasteiger partial charge in [0.25, 0.3) is 5.91 Å². The van der Waals surface area contributed by atoms with Gasteiger partial charge in [0.1, 0.15) is 24.7 Å². The van der Waals surface area contributed by atoms with Crippen molar-refractivity contribution in [2.45, 2.75) is 32.0 Å². The highest BCUT2D eigenvalue weighted by Crippen LogP contribution is 2.19. The van der Waals surface area contributed by atoms with Gasteiger partial charge in [0, 0.05) is 6.04 Å². The molecule has 1 saturated carbocycles. The molecule has 3 aromatic rings. The summed E-state index contributed by atoms with van der Waals surface area (Å²) < 4.78 is 7.49. The minimum atomic E-state index is -0.904. The Labute approximate surface area is 172 Å². The van der Waals surface area contributed by atoms with E-state index in [0.717, 1.165) is 23.9 Å². The molecule has 0 atom stereocenters. The van der Waals surface area contributed by atoms with E-state index in [2.05, 4.69) is 21.2 Å². The zero-order chi connectivity index (χ0) is 20.9. The Morgan fingerprint density at radius 3 is 2.47 bits per heavy atom. The fourth-order valence-electron chi connectivity index (χ4n) is 2.92. The van der Waals surface area contributed by atoms with Crippen LogP contribution in [0.15, 0.2) is 54.6 Å². The number of carbonyl (C=O) groups is 3. The molecule has 1 aromatic heterocycles. The van der Waals surface area contributed by atoms with Crippen LogP contribution in [0.25, 0.3) is 11.0 Å². The molecule has 0 saturated heterocycles. The van der Waals surface area contributed by atoms with Gasteiger partial charge in [-0.25, -0.2) is 4.98 Å². The number of hydrogen-bond acceptors (Lipinski definition) is 5. The molecule has 154 valence electrons. The first-order chi connectivity index (χ1) is 14.6. The zero-order valence-electron chi connectivity index (χ0n) is 16.1. The molecule has 3 N–H and O–H groups in total. The summed E-state index contributed by atoms with van der Waals surface area (Å²) in [6, 6.07) is 16.8. The van der Waals surface area contributed by atoms with E-state index >= 15 is 0 Å². The quantitative estimate of drug-likeness (QED) is 0.417. The van der Waals surface area contributed by atoms with Crippen LogP contribution >= 0.6 is 0 Å². The average molecular weight is 407 g/mol. The molecular weight excluding hydrogens is 386 g/mol. The molecule has 0 spiro atoms. The fourth-order valence-corrected chi connectivity index (χ4v) is 2.92. The predicted molar refractivity (Wildman–Crippen MR) is 108 cm³/mol. The minimum absolute atomic E-state index is 0.0587. The van der Waals surface area contributed by atoms with Gasteiger partial charge in [-0.15, -0.1) is 0 Å². The second-order valence-corrected chi connectivity index (χ2v) is 6.95. The molecule has 1 heterocycles. The highest BCUT2D eigenvalue weighted by Gasteiger charge is 2.26. The predicted octanol–water partition coefficient (Wildman–Crippen LogP) is 1.04. The molecule has 4 rings (SSSR count). The number of benzene rings is 2. The molecule has 1 fully saturated rings. The number of ether oxygens (including phenoxy) is 1. The highest BCUT2D eigenvalue weighted by atomic mass is 16.5. The third-order valence-electron chi connectivity index (χ3n) is 4.58. The van der Waals surface area contributed by atoms with E-state index in [1.807, 2.05) is 54.6 Å². The summed E-state index contributed by atoms with van der Waals surface area (Å²) in [5.41, 5.74) is 5.90. The van der Waals surface area contributed by atoms with Crippen LogP contribution in [0.1, 0.15) is 18.7 Å². The van der Waals surface area contributed by atoms with Gasteiger partial charge >= 0.3 is 11.8 Å².